The minimum Gasteiger partial charge on any atom is -0.381 e. The molecule has 2 aromatic carbocycles. The third kappa shape index (κ3) is 3.28. The maximum atomic E-state index is 12.5. The van der Waals surface area contributed by atoms with E-state index in [1.165, 1.54) is 22.1 Å². The van der Waals surface area contributed by atoms with E-state index in [0.717, 1.165) is 11.3 Å². The van der Waals surface area contributed by atoms with Gasteiger partial charge in [0.15, 0.2) is 5.13 Å². The third-order valence-electron chi connectivity index (χ3n) is 4.61. The molecule has 3 N–H and O–H groups in total. The Bertz CT molecular complexity index is 916. The van der Waals surface area contributed by atoms with Gasteiger partial charge in [-0.1, -0.05) is 36.4 Å². The van der Waals surface area contributed by atoms with Gasteiger partial charge in [-0.2, -0.15) is 0 Å². The van der Waals surface area contributed by atoms with Gasteiger partial charge in [0.2, 0.25) is 5.91 Å². The number of carbonyl (C=O) groups is 1. The fraction of sp³-hybridized carbons (Fsp3) is 0.263. The van der Waals surface area contributed by atoms with E-state index in [9.17, 15) is 4.79 Å². The quantitative estimate of drug-likeness (QED) is 0.756. The summed E-state index contributed by atoms with van der Waals surface area (Å²) in [7, 11) is 0. The van der Waals surface area contributed by atoms with Crippen molar-refractivity contribution in [2.24, 2.45) is 5.73 Å². The molecule has 1 aliphatic rings. The van der Waals surface area contributed by atoms with Gasteiger partial charge in [0, 0.05) is 24.2 Å². The average molecular weight is 353 g/mol. The summed E-state index contributed by atoms with van der Waals surface area (Å²) in [5.74, 6) is -0.185. The predicted octanol–water partition coefficient (Wildman–Crippen LogP) is 3.41. The Morgan fingerprint density at radius 2 is 1.92 bits per heavy atom. The fourth-order valence-corrected chi connectivity index (χ4v) is 3.71. The van der Waals surface area contributed by atoms with Crippen LogP contribution >= 0.6 is 11.3 Å². The number of amides is 1. The maximum absolute atomic E-state index is 12.5. The van der Waals surface area contributed by atoms with Crippen LogP contribution in [0.4, 0.5) is 5.13 Å². The zero-order valence-corrected chi connectivity index (χ0v) is 14.5. The number of nitrogens with two attached hydrogens (primary N) is 1. The number of thiazole rings is 1. The van der Waals surface area contributed by atoms with Gasteiger partial charge in [-0.15, -0.1) is 11.3 Å². The molecular formula is C19H19N3O2S. The largest absolute Gasteiger partial charge is 0.381 e. The lowest BCUT2D eigenvalue weighted by Crippen LogP contribution is -2.54. The summed E-state index contributed by atoms with van der Waals surface area (Å²) in [4.78, 5) is 17.0. The van der Waals surface area contributed by atoms with Crippen molar-refractivity contribution in [2.75, 3.05) is 18.5 Å². The first kappa shape index (κ1) is 16.2. The number of benzene rings is 2. The number of rotatable bonds is 3. The molecule has 5 nitrogen and oxygen atoms in total. The molecule has 1 aromatic heterocycles. The number of anilines is 1. The first-order chi connectivity index (χ1) is 12.1. The maximum Gasteiger partial charge on any atom is 0.246 e. The molecule has 0 unspecified atom stereocenters. The molecule has 2 heterocycles. The summed E-state index contributed by atoms with van der Waals surface area (Å²) >= 11 is 1.41. The van der Waals surface area contributed by atoms with E-state index in [-0.39, 0.29) is 5.91 Å². The van der Waals surface area contributed by atoms with Crippen LogP contribution in [0, 0.1) is 0 Å². The van der Waals surface area contributed by atoms with E-state index < -0.39 is 5.54 Å². The Balaban J connectivity index is 1.54. The van der Waals surface area contributed by atoms with Crippen LogP contribution in [0.25, 0.3) is 22.0 Å². The molecule has 1 fully saturated rings. The Labute approximate surface area is 149 Å². The van der Waals surface area contributed by atoms with Crippen LogP contribution in [0.15, 0.2) is 47.8 Å². The summed E-state index contributed by atoms with van der Waals surface area (Å²) in [6, 6.07) is 14.5. The highest BCUT2D eigenvalue weighted by Gasteiger charge is 2.36. The molecule has 0 radical (unpaired) electrons. The van der Waals surface area contributed by atoms with Gasteiger partial charge >= 0.3 is 0 Å². The topological polar surface area (TPSA) is 77.2 Å². The van der Waals surface area contributed by atoms with Crippen LogP contribution in [0.2, 0.25) is 0 Å². The minimum absolute atomic E-state index is 0.185. The van der Waals surface area contributed by atoms with E-state index in [0.29, 0.717) is 31.2 Å². The summed E-state index contributed by atoms with van der Waals surface area (Å²) in [6.07, 6.45) is 1.06. The second-order valence-electron chi connectivity index (χ2n) is 6.32. The number of hydrogen-bond acceptors (Lipinski definition) is 5. The molecule has 1 aliphatic heterocycles. The van der Waals surface area contributed by atoms with Crippen molar-refractivity contribution in [2.45, 2.75) is 18.4 Å². The zero-order valence-electron chi connectivity index (χ0n) is 13.7. The van der Waals surface area contributed by atoms with Gasteiger partial charge < -0.3 is 15.8 Å². The Morgan fingerprint density at radius 3 is 2.72 bits per heavy atom. The molecule has 1 amide bonds. The van der Waals surface area contributed by atoms with Crippen molar-refractivity contribution >= 4 is 33.1 Å². The second-order valence-corrected chi connectivity index (χ2v) is 7.18. The highest BCUT2D eigenvalue weighted by Crippen LogP contribution is 2.28. The molecule has 0 saturated carbocycles. The number of ether oxygens (including phenoxy) is 1. The van der Waals surface area contributed by atoms with Gasteiger partial charge in [-0.25, -0.2) is 4.98 Å². The van der Waals surface area contributed by atoms with E-state index in [1.807, 2.05) is 23.6 Å². The highest BCUT2D eigenvalue weighted by atomic mass is 32.1. The van der Waals surface area contributed by atoms with Crippen molar-refractivity contribution in [3.63, 3.8) is 0 Å². The first-order valence-corrected chi connectivity index (χ1v) is 9.15. The van der Waals surface area contributed by atoms with Gasteiger partial charge in [0.1, 0.15) is 5.54 Å². The number of nitrogens with one attached hydrogen (secondary N) is 1. The zero-order chi connectivity index (χ0) is 17.3. The monoisotopic (exact) mass is 353 g/mol. The van der Waals surface area contributed by atoms with Crippen molar-refractivity contribution in [3.8, 4) is 11.3 Å². The number of aromatic nitrogens is 1. The van der Waals surface area contributed by atoms with Gasteiger partial charge in [0.05, 0.1) is 5.69 Å². The Morgan fingerprint density at radius 1 is 1.16 bits per heavy atom. The molecule has 0 spiro atoms. The molecule has 3 aromatic rings. The number of hydrogen-bond donors (Lipinski definition) is 2. The number of nitrogens with zero attached hydrogens (tertiary/aromatic N) is 1. The van der Waals surface area contributed by atoms with Gasteiger partial charge in [0.25, 0.3) is 0 Å². The SMILES string of the molecule is NC1(C(=O)Nc2nc(-c3ccc4ccccc4c3)cs2)CCOCC1. The Hall–Kier alpha value is -2.28. The predicted molar refractivity (Wildman–Crippen MR) is 101 cm³/mol. The van der Waals surface area contributed by atoms with E-state index in [2.05, 4.69) is 34.6 Å². The Kier molecular flexibility index (Phi) is 4.25. The van der Waals surface area contributed by atoms with E-state index in [1.54, 1.807) is 0 Å². The first-order valence-electron chi connectivity index (χ1n) is 8.27. The molecule has 0 aliphatic carbocycles. The summed E-state index contributed by atoms with van der Waals surface area (Å²) < 4.78 is 5.29. The molecule has 0 atom stereocenters. The van der Waals surface area contributed by atoms with Gasteiger partial charge in [-0.3, -0.25) is 4.79 Å². The molecular weight excluding hydrogens is 334 g/mol. The normalized spacial score (nSPS) is 16.7. The average Bonchev–Trinajstić information content (AvgIpc) is 3.10. The van der Waals surface area contributed by atoms with Crippen molar-refractivity contribution in [1.29, 1.82) is 0 Å². The standard InChI is InChI=1S/C19H19N3O2S/c20-19(7-9-24-10-8-19)17(23)22-18-21-16(12-25-18)15-6-5-13-3-1-2-4-14(13)11-15/h1-6,11-12H,7-10,20H2,(H,21,22,23). The van der Waals surface area contributed by atoms with E-state index >= 15 is 0 Å². The molecule has 1 saturated heterocycles. The minimum atomic E-state index is -0.868. The summed E-state index contributed by atoms with van der Waals surface area (Å²) in [5, 5.41) is 7.75. The lowest BCUT2D eigenvalue weighted by Gasteiger charge is -2.31. The lowest BCUT2D eigenvalue weighted by molar-refractivity contribution is -0.124. The van der Waals surface area contributed by atoms with Crippen molar-refractivity contribution < 1.29 is 9.53 Å². The summed E-state index contributed by atoms with van der Waals surface area (Å²) in [6.45, 7) is 1.04. The molecule has 0 bridgehead atoms. The molecule has 4 rings (SSSR count). The number of fused-ring (bicyclic) bond motifs is 1. The molecule has 25 heavy (non-hydrogen) atoms. The fourth-order valence-electron chi connectivity index (χ4n) is 3.00. The van der Waals surface area contributed by atoms with Crippen molar-refractivity contribution in [3.05, 3.63) is 47.8 Å². The summed E-state index contributed by atoms with van der Waals surface area (Å²) in [5.41, 5.74) is 7.23. The second kappa shape index (κ2) is 6.55. The van der Waals surface area contributed by atoms with Crippen LogP contribution in [0.1, 0.15) is 12.8 Å². The van der Waals surface area contributed by atoms with Gasteiger partial charge in [-0.05, 0) is 29.7 Å². The lowest BCUT2D eigenvalue weighted by atomic mass is 9.90. The number of carbonyl (C=O) groups excluding carboxylic acids is 1. The van der Waals surface area contributed by atoms with Crippen molar-refractivity contribution in [1.82, 2.24) is 4.98 Å². The smallest absolute Gasteiger partial charge is 0.246 e. The third-order valence-corrected chi connectivity index (χ3v) is 5.36. The van der Waals surface area contributed by atoms with Crippen LogP contribution < -0.4 is 11.1 Å². The highest BCUT2D eigenvalue weighted by molar-refractivity contribution is 7.14. The van der Waals surface area contributed by atoms with Crippen LogP contribution in [-0.4, -0.2) is 29.6 Å². The molecule has 6 heteroatoms. The van der Waals surface area contributed by atoms with Crippen LogP contribution in [0.3, 0.4) is 0 Å². The van der Waals surface area contributed by atoms with Crippen LogP contribution in [-0.2, 0) is 9.53 Å². The molecule has 128 valence electrons. The van der Waals surface area contributed by atoms with E-state index in [4.69, 9.17) is 10.5 Å². The van der Waals surface area contributed by atoms with Crippen LogP contribution in [0.5, 0.6) is 0 Å².